The quantitative estimate of drug-likeness (QED) is 0.697. The molecule has 9 heteroatoms. The Labute approximate surface area is 129 Å². The van der Waals surface area contributed by atoms with Gasteiger partial charge in [-0.2, -0.15) is 13.2 Å². The van der Waals surface area contributed by atoms with E-state index in [9.17, 15) is 26.7 Å². The number of hydrogen-bond acceptors (Lipinski definition) is 2. The third kappa shape index (κ3) is 6.39. The molecular formula is C14H17F5N2O2. The minimum absolute atomic E-state index is 0.114. The molecule has 1 aromatic carbocycles. The summed E-state index contributed by atoms with van der Waals surface area (Å²) in [5, 5.41) is 13.2. The summed E-state index contributed by atoms with van der Waals surface area (Å²) in [5.41, 5.74) is -0.187. The van der Waals surface area contributed by atoms with Gasteiger partial charge in [0.25, 0.3) is 0 Å². The molecule has 23 heavy (non-hydrogen) atoms. The SMILES string of the molecule is C[C@@H](Cc1c(F)cccc1F)NC(=O)NCC[C@H](O)C(F)(F)F. The maximum atomic E-state index is 13.4. The minimum Gasteiger partial charge on any atom is -0.384 e. The Hall–Kier alpha value is -1.90. The van der Waals surface area contributed by atoms with Crippen molar-refractivity contribution < 1.29 is 31.9 Å². The smallest absolute Gasteiger partial charge is 0.384 e. The summed E-state index contributed by atoms with van der Waals surface area (Å²) in [4.78, 5) is 11.5. The van der Waals surface area contributed by atoms with Crippen LogP contribution in [0.2, 0.25) is 0 Å². The van der Waals surface area contributed by atoms with Crippen LogP contribution in [-0.2, 0) is 6.42 Å². The summed E-state index contributed by atoms with van der Waals surface area (Å²) < 4.78 is 63.1. The first-order chi connectivity index (χ1) is 10.6. The van der Waals surface area contributed by atoms with Crippen molar-refractivity contribution >= 4 is 6.03 Å². The highest BCUT2D eigenvalue weighted by molar-refractivity contribution is 5.74. The highest BCUT2D eigenvalue weighted by Gasteiger charge is 2.37. The summed E-state index contributed by atoms with van der Waals surface area (Å²) >= 11 is 0. The molecule has 0 spiro atoms. The van der Waals surface area contributed by atoms with Crippen LogP contribution in [0.1, 0.15) is 18.9 Å². The Morgan fingerprint density at radius 3 is 2.35 bits per heavy atom. The summed E-state index contributed by atoms with van der Waals surface area (Å²) in [7, 11) is 0. The van der Waals surface area contributed by atoms with Crippen molar-refractivity contribution in [2.75, 3.05) is 6.54 Å². The lowest BCUT2D eigenvalue weighted by Gasteiger charge is -2.17. The summed E-state index contributed by atoms with van der Waals surface area (Å²) in [6.07, 6.45) is -8.06. The molecule has 0 aromatic heterocycles. The first-order valence-corrected chi connectivity index (χ1v) is 6.83. The summed E-state index contributed by atoms with van der Waals surface area (Å²) in [5.74, 6) is -1.49. The van der Waals surface area contributed by atoms with E-state index in [2.05, 4.69) is 10.6 Å². The Kier molecular flexibility index (Phi) is 6.74. The Morgan fingerprint density at radius 1 is 1.26 bits per heavy atom. The van der Waals surface area contributed by atoms with Crippen LogP contribution < -0.4 is 10.6 Å². The molecule has 4 nitrogen and oxygen atoms in total. The fourth-order valence-corrected chi connectivity index (χ4v) is 1.85. The van der Waals surface area contributed by atoms with Gasteiger partial charge in [-0.05, 0) is 31.9 Å². The van der Waals surface area contributed by atoms with E-state index in [1.165, 1.54) is 13.0 Å². The number of aliphatic hydroxyl groups is 1. The second kappa shape index (κ2) is 8.09. The molecule has 0 aliphatic heterocycles. The van der Waals surface area contributed by atoms with Crippen LogP contribution in [0.15, 0.2) is 18.2 Å². The van der Waals surface area contributed by atoms with Gasteiger partial charge in [-0.25, -0.2) is 13.6 Å². The molecule has 130 valence electrons. The number of carbonyl (C=O) groups excluding carboxylic acids is 1. The van der Waals surface area contributed by atoms with Gasteiger partial charge in [0.1, 0.15) is 11.6 Å². The van der Waals surface area contributed by atoms with Crippen LogP contribution in [0.4, 0.5) is 26.7 Å². The normalized spacial score (nSPS) is 14.2. The second-order valence-electron chi connectivity index (χ2n) is 5.05. The number of hydrogen-bond donors (Lipinski definition) is 3. The van der Waals surface area contributed by atoms with Crippen molar-refractivity contribution in [3.63, 3.8) is 0 Å². The first-order valence-electron chi connectivity index (χ1n) is 6.83. The molecule has 2 atom stereocenters. The number of rotatable bonds is 6. The van der Waals surface area contributed by atoms with E-state index in [0.717, 1.165) is 12.1 Å². The second-order valence-corrected chi connectivity index (χ2v) is 5.05. The molecule has 0 bridgehead atoms. The maximum Gasteiger partial charge on any atom is 0.414 e. The Morgan fingerprint density at radius 2 is 1.83 bits per heavy atom. The van der Waals surface area contributed by atoms with Gasteiger partial charge in [-0.1, -0.05) is 6.07 Å². The van der Waals surface area contributed by atoms with Gasteiger partial charge in [0, 0.05) is 18.2 Å². The van der Waals surface area contributed by atoms with Gasteiger partial charge in [-0.3, -0.25) is 0 Å². The van der Waals surface area contributed by atoms with Crippen molar-refractivity contribution in [3.05, 3.63) is 35.4 Å². The molecule has 1 aromatic rings. The molecule has 0 unspecified atom stereocenters. The van der Waals surface area contributed by atoms with Crippen molar-refractivity contribution in [1.82, 2.24) is 10.6 Å². The number of aliphatic hydroxyl groups excluding tert-OH is 1. The van der Waals surface area contributed by atoms with E-state index in [4.69, 9.17) is 5.11 Å². The maximum absolute atomic E-state index is 13.4. The van der Waals surface area contributed by atoms with Crippen molar-refractivity contribution in [3.8, 4) is 0 Å². The molecule has 0 aliphatic carbocycles. The van der Waals surface area contributed by atoms with Gasteiger partial charge in [0.05, 0.1) is 0 Å². The largest absolute Gasteiger partial charge is 0.414 e. The molecule has 0 fully saturated rings. The van der Waals surface area contributed by atoms with E-state index >= 15 is 0 Å². The summed E-state index contributed by atoms with van der Waals surface area (Å²) in [6.45, 7) is 1.10. The topological polar surface area (TPSA) is 61.4 Å². The van der Waals surface area contributed by atoms with Crippen LogP contribution in [0.5, 0.6) is 0 Å². The lowest BCUT2D eigenvalue weighted by atomic mass is 10.1. The minimum atomic E-state index is -4.74. The zero-order valence-electron chi connectivity index (χ0n) is 12.3. The molecule has 2 amide bonds. The molecule has 3 N–H and O–H groups in total. The molecule has 0 radical (unpaired) electrons. The molecule has 1 rings (SSSR count). The Bertz CT molecular complexity index is 516. The van der Waals surface area contributed by atoms with Gasteiger partial charge >= 0.3 is 12.2 Å². The predicted molar refractivity (Wildman–Crippen MR) is 72.7 cm³/mol. The number of benzene rings is 1. The lowest BCUT2D eigenvalue weighted by molar-refractivity contribution is -0.204. The first kappa shape index (κ1) is 19.1. The van der Waals surface area contributed by atoms with Gasteiger partial charge in [-0.15, -0.1) is 0 Å². The van der Waals surface area contributed by atoms with Crippen molar-refractivity contribution in [2.24, 2.45) is 0 Å². The molecular weight excluding hydrogens is 323 g/mol. The zero-order chi connectivity index (χ0) is 17.6. The highest BCUT2D eigenvalue weighted by Crippen LogP contribution is 2.21. The number of amides is 2. The van der Waals surface area contributed by atoms with E-state index < -0.39 is 49.0 Å². The molecule has 0 aliphatic rings. The van der Waals surface area contributed by atoms with E-state index in [0.29, 0.717) is 0 Å². The molecule has 0 saturated heterocycles. The Balaban J connectivity index is 2.40. The number of nitrogens with one attached hydrogen (secondary N) is 2. The van der Waals surface area contributed by atoms with Crippen LogP contribution >= 0.6 is 0 Å². The van der Waals surface area contributed by atoms with Crippen LogP contribution in [0, 0.1) is 11.6 Å². The molecule has 0 heterocycles. The van der Waals surface area contributed by atoms with E-state index in [1.807, 2.05) is 0 Å². The van der Waals surface area contributed by atoms with Gasteiger partial charge < -0.3 is 15.7 Å². The zero-order valence-corrected chi connectivity index (χ0v) is 12.3. The van der Waals surface area contributed by atoms with Crippen LogP contribution in [0.3, 0.4) is 0 Å². The molecule has 0 saturated carbocycles. The van der Waals surface area contributed by atoms with Gasteiger partial charge in [0.15, 0.2) is 6.10 Å². The van der Waals surface area contributed by atoms with Gasteiger partial charge in [0.2, 0.25) is 0 Å². The fraction of sp³-hybridized carbons (Fsp3) is 0.500. The average molecular weight is 340 g/mol. The monoisotopic (exact) mass is 340 g/mol. The average Bonchev–Trinajstić information content (AvgIpc) is 2.41. The predicted octanol–water partition coefficient (Wildman–Crippen LogP) is 2.51. The standard InChI is InChI=1S/C14H17F5N2O2/c1-8(7-9-10(15)3-2-4-11(9)16)21-13(23)20-6-5-12(22)14(17,18)19/h2-4,8,12,22H,5-7H2,1H3,(H2,20,21,23)/t8-,12-/m0/s1. The van der Waals surface area contributed by atoms with E-state index in [1.54, 1.807) is 0 Å². The van der Waals surface area contributed by atoms with Crippen LogP contribution in [-0.4, -0.2) is 36.0 Å². The number of halogens is 5. The van der Waals surface area contributed by atoms with Crippen molar-refractivity contribution in [2.45, 2.75) is 38.1 Å². The fourth-order valence-electron chi connectivity index (χ4n) is 1.85. The van der Waals surface area contributed by atoms with Crippen molar-refractivity contribution in [1.29, 1.82) is 0 Å². The third-order valence-electron chi connectivity index (χ3n) is 3.03. The number of alkyl halides is 3. The van der Waals surface area contributed by atoms with E-state index in [-0.39, 0.29) is 12.0 Å². The summed E-state index contributed by atoms with van der Waals surface area (Å²) in [6, 6.07) is 1.95. The number of urea groups is 1. The lowest BCUT2D eigenvalue weighted by Crippen LogP contribution is -2.43. The van der Waals surface area contributed by atoms with Crippen LogP contribution in [0.25, 0.3) is 0 Å². The highest BCUT2D eigenvalue weighted by atomic mass is 19.4. The third-order valence-corrected chi connectivity index (χ3v) is 3.03. The number of carbonyl (C=O) groups is 1.